The third-order valence-corrected chi connectivity index (χ3v) is 4.10. The van der Waals surface area contributed by atoms with E-state index >= 15 is 0 Å². The zero-order chi connectivity index (χ0) is 13.8. The third-order valence-electron chi connectivity index (χ3n) is 2.95. The quantitative estimate of drug-likeness (QED) is 0.860. The lowest BCUT2D eigenvalue weighted by Gasteiger charge is -2.16. The lowest BCUT2D eigenvalue weighted by atomic mass is 10.1. The molecule has 0 bridgehead atoms. The number of hydrogen-bond donors (Lipinski definition) is 1. The lowest BCUT2D eigenvalue weighted by molar-refractivity contribution is 0.321. The summed E-state index contributed by atoms with van der Waals surface area (Å²) in [6, 6.07) is 8.10. The topological polar surface area (TPSA) is 42.2 Å². The van der Waals surface area contributed by atoms with Crippen molar-refractivity contribution in [2.45, 2.75) is 20.0 Å². The van der Waals surface area contributed by atoms with Gasteiger partial charge in [-0.3, -0.25) is 4.90 Å². The Kier molecular flexibility index (Phi) is 4.63. The summed E-state index contributed by atoms with van der Waals surface area (Å²) in [6.45, 7) is 3.87. The Morgan fingerprint density at radius 3 is 2.53 bits per heavy atom. The number of aryl methyl sites for hydroxylation is 1. The van der Waals surface area contributed by atoms with Crippen LogP contribution in [0.1, 0.15) is 21.7 Å². The molecule has 0 saturated carbocycles. The molecule has 1 aromatic heterocycles. The summed E-state index contributed by atoms with van der Waals surface area (Å²) >= 11 is 6.65. The highest BCUT2D eigenvalue weighted by Crippen LogP contribution is 2.15. The number of nitrogens with zero attached hydrogens (tertiary/aromatic N) is 2. The van der Waals surface area contributed by atoms with Crippen LogP contribution < -0.4 is 5.73 Å². The summed E-state index contributed by atoms with van der Waals surface area (Å²) in [5.74, 6) is 0. The molecule has 0 atom stereocenters. The van der Waals surface area contributed by atoms with Crippen LogP contribution in [-0.2, 0) is 13.1 Å². The molecule has 0 aliphatic carbocycles. The number of thiazole rings is 1. The predicted molar refractivity (Wildman–Crippen MR) is 84.4 cm³/mol. The van der Waals surface area contributed by atoms with Crippen LogP contribution in [0.15, 0.2) is 29.8 Å². The summed E-state index contributed by atoms with van der Waals surface area (Å²) in [5, 5.41) is 0. The molecule has 19 heavy (non-hydrogen) atoms. The Balaban J connectivity index is 1.97. The van der Waals surface area contributed by atoms with Gasteiger partial charge in [0.05, 0.1) is 11.2 Å². The first-order valence-electron chi connectivity index (χ1n) is 6.02. The lowest BCUT2D eigenvalue weighted by Crippen LogP contribution is -2.17. The van der Waals surface area contributed by atoms with Crippen LogP contribution in [0.3, 0.4) is 0 Å². The van der Waals surface area contributed by atoms with Crippen LogP contribution in [0.25, 0.3) is 0 Å². The zero-order valence-corrected chi connectivity index (χ0v) is 12.7. The van der Waals surface area contributed by atoms with Gasteiger partial charge in [0, 0.05) is 23.5 Å². The van der Waals surface area contributed by atoms with E-state index in [-0.39, 0.29) is 0 Å². The maximum Gasteiger partial charge on any atom is 0.103 e. The number of rotatable bonds is 5. The van der Waals surface area contributed by atoms with Crippen molar-refractivity contribution < 1.29 is 0 Å². The molecular formula is C14H17N3S2. The Labute approximate surface area is 123 Å². The average molecular weight is 291 g/mol. The van der Waals surface area contributed by atoms with Crippen LogP contribution in [0.5, 0.6) is 0 Å². The molecule has 0 saturated heterocycles. The Hall–Kier alpha value is -1.30. The fourth-order valence-corrected chi connectivity index (χ4v) is 2.86. The number of nitrogens with two attached hydrogens (primary N) is 1. The van der Waals surface area contributed by atoms with E-state index in [1.165, 1.54) is 10.4 Å². The van der Waals surface area contributed by atoms with Gasteiger partial charge in [0.2, 0.25) is 0 Å². The minimum absolute atomic E-state index is 0.445. The standard InChI is InChI=1S/C14H17N3S2/c1-10-13(19-9-16-10)8-17(2)7-11-3-5-12(6-4-11)14(15)18/h3-6,9H,7-8H2,1-2H3,(H2,15,18). The summed E-state index contributed by atoms with van der Waals surface area (Å²) in [7, 11) is 2.11. The molecule has 2 aromatic rings. The molecule has 5 heteroatoms. The van der Waals surface area contributed by atoms with Gasteiger partial charge in [-0.25, -0.2) is 4.98 Å². The molecule has 0 amide bonds. The van der Waals surface area contributed by atoms with E-state index in [2.05, 4.69) is 36.0 Å². The van der Waals surface area contributed by atoms with Crippen molar-refractivity contribution in [3.05, 3.63) is 51.5 Å². The monoisotopic (exact) mass is 291 g/mol. The van der Waals surface area contributed by atoms with Crippen molar-refractivity contribution >= 4 is 28.5 Å². The van der Waals surface area contributed by atoms with Crippen molar-refractivity contribution in [1.29, 1.82) is 0 Å². The molecule has 0 fully saturated rings. The average Bonchev–Trinajstić information content (AvgIpc) is 2.75. The van der Waals surface area contributed by atoms with Crippen LogP contribution in [0.2, 0.25) is 0 Å². The van der Waals surface area contributed by atoms with Crippen LogP contribution in [0.4, 0.5) is 0 Å². The van der Waals surface area contributed by atoms with Gasteiger partial charge in [-0.15, -0.1) is 11.3 Å². The van der Waals surface area contributed by atoms with Gasteiger partial charge >= 0.3 is 0 Å². The molecule has 0 radical (unpaired) electrons. The zero-order valence-electron chi connectivity index (χ0n) is 11.1. The van der Waals surface area contributed by atoms with E-state index in [4.69, 9.17) is 18.0 Å². The Bertz CT molecular complexity index is 560. The fourth-order valence-electron chi connectivity index (χ4n) is 1.87. The van der Waals surface area contributed by atoms with E-state index in [0.717, 1.165) is 24.3 Å². The third kappa shape index (κ3) is 3.83. The van der Waals surface area contributed by atoms with Crippen molar-refractivity contribution in [1.82, 2.24) is 9.88 Å². The van der Waals surface area contributed by atoms with Gasteiger partial charge in [0.15, 0.2) is 0 Å². The van der Waals surface area contributed by atoms with Crippen molar-refractivity contribution in [3.63, 3.8) is 0 Å². The van der Waals surface area contributed by atoms with Crippen LogP contribution >= 0.6 is 23.6 Å². The second-order valence-corrected chi connectivity index (χ2v) is 5.97. The van der Waals surface area contributed by atoms with Crippen molar-refractivity contribution in [2.75, 3.05) is 7.05 Å². The van der Waals surface area contributed by atoms with Crippen molar-refractivity contribution in [2.24, 2.45) is 5.73 Å². The molecule has 100 valence electrons. The van der Waals surface area contributed by atoms with E-state index < -0.39 is 0 Å². The fraction of sp³-hybridized carbons (Fsp3) is 0.286. The number of thiocarbonyl (C=S) groups is 1. The number of aromatic nitrogens is 1. The molecule has 3 nitrogen and oxygen atoms in total. The van der Waals surface area contributed by atoms with Gasteiger partial charge < -0.3 is 5.73 Å². The molecule has 2 rings (SSSR count). The minimum Gasteiger partial charge on any atom is -0.389 e. The van der Waals surface area contributed by atoms with Gasteiger partial charge in [-0.05, 0) is 19.5 Å². The number of benzene rings is 1. The van der Waals surface area contributed by atoms with Gasteiger partial charge in [0.1, 0.15) is 4.99 Å². The molecule has 0 aliphatic rings. The van der Waals surface area contributed by atoms with Gasteiger partial charge in [-0.1, -0.05) is 36.5 Å². The highest BCUT2D eigenvalue weighted by molar-refractivity contribution is 7.80. The summed E-state index contributed by atoms with van der Waals surface area (Å²) < 4.78 is 0. The molecule has 0 aliphatic heterocycles. The Morgan fingerprint density at radius 2 is 2.00 bits per heavy atom. The molecule has 1 heterocycles. The van der Waals surface area contributed by atoms with Gasteiger partial charge in [0.25, 0.3) is 0 Å². The van der Waals surface area contributed by atoms with Crippen LogP contribution in [-0.4, -0.2) is 21.9 Å². The second kappa shape index (κ2) is 6.23. The molecule has 0 spiro atoms. The van der Waals surface area contributed by atoms with Gasteiger partial charge in [-0.2, -0.15) is 0 Å². The molecular weight excluding hydrogens is 274 g/mol. The number of hydrogen-bond acceptors (Lipinski definition) is 4. The normalized spacial score (nSPS) is 10.9. The first-order valence-corrected chi connectivity index (χ1v) is 7.31. The van der Waals surface area contributed by atoms with Crippen molar-refractivity contribution in [3.8, 4) is 0 Å². The molecule has 2 N–H and O–H groups in total. The Morgan fingerprint density at radius 1 is 1.32 bits per heavy atom. The first-order chi connectivity index (χ1) is 9.06. The summed E-state index contributed by atoms with van der Waals surface area (Å²) in [4.78, 5) is 8.31. The van der Waals surface area contributed by atoms with E-state index in [1.54, 1.807) is 11.3 Å². The molecule has 0 unspecified atom stereocenters. The predicted octanol–water partition coefficient (Wildman–Crippen LogP) is 2.72. The maximum atomic E-state index is 5.59. The van der Waals surface area contributed by atoms with Crippen LogP contribution in [0, 0.1) is 6.92 Å². The van der Waals surface area contributed by atoms with E-state index in [9.17, 15) is 0 Å². The smallest absolute Gasteiger partial charge is 0.103 e. The summed E-state index contributed by atoms with van der Waals surface area (Å²) in [6.07, 6.45) is 0. The minimum atomic E-state index is 0.445. The highest BCUT2D eigenvalue weighted by Gasteiger charge is 2.06. The second-order valence-electron chi connectivity index (χ2n) is 4.59. The largest absolute Gasteiger partial charge is 0.389 e. The van der Waals surface area contributed by atoms with E-state index in [0.29, 0.717) is 4.99 Å². The molecule has 1 aromatic carbocycles. The highest BCUT2D eigenvalue weighted by atomic mass is 32.1. The SMILES string of the molecule is Cc1ncsc1CN(C)Cc1ccc(C(N)=S)cc1. The maximum absolute atomic E-state index is 5.59. The summed E-state index contributed by atoms with van der Waals surface area (Å²) in [5.41, 5.74) is 10.8. The first kappa shape index (κ1) is 14.1. The van der Waals surface area contributed by atoms with E-state index in [1.807, 2.05) is 17.6 Å².